The van der Waals surface area contributed by atoms with Crippen LogP contribution in [-0.4, -0.2) is 35.3 Å². The van der Waals surface area contributed by atoms with E-state index in [9.17, 15) is 9.59 Å². The molecule has 1 saturated carbocycles. The van der Waals surface area contributed by atoms with Crippen molar-refractivity contribution >= 4 is 11.8 Å². The zero-order valence-electron chi connectivity index (χ0n) is 11.8. The third kappa shape index (κ3) is 2.38. The SMILES string of the molecule is CC(C)C(C)CN1CC(=O)NC(C)(C2CC2)C1=O. The first-order valence-electron chi connectivity index (χ1n) is 6.95. The van der Waals surface area contributed by atoms with Crippen molar-refractivity contribution in [3.63, 3.8) is 0 Å². The minimum absolute atomic E-state index is 0.0139. The number of carbonyl (C=O) groups excluding carboxylic acids is 2. The molecule has 2 atom stereocenters. The second-order valence-corrected chi connectivity index (χ2v) is 6.43. The van der Waals surface area contributed by atoms with Crippen LogP contribution >= 0.6 is 0 Å². The number of nitrogens with one attached hydrogen (secondary N) is 1. The number of piperazine rings is 1. The van der Waals surface area contributed by atoms with Gasteiger partial charge in [0.05, 0.1) is 6.54 Å². The van der Waals surface area contributed by atoms with Gasteiger partial charge in [-0.2, -0.15) is 0 Å². The molecule has 1 heterocycles. The molecule has 1 aliphatic heterocycles. The van der Waals surface area contributed by atoms with Gasteiger partial charge in [-0.25, -0.2) is 0 Å². The van der Waals surface area contributed by atoms with Crippen molar-refractivity contribution in [2.24, 2.45) is 17.8 Å². The van der Waals surface area contributed by atoms with Gasteiger partial charge in [0, 0.05) is 6.54 Å². The molecule has 1 saturated heterocycles. The molecular formula is C14H24N2O2. The van der Waals surface area contributed by atoms with Gasteiger partial charge in [0.15, 0.2) is 0 Å². The zero-order chi connectivity index (χ0) is 13.5. The van der Waals surface area contributed by atoms with Crippen LogP contribution in [0.2, 0.25) is 0 Å². The molecule has 2 unspecified atom stereocenters. The largest absolute Gasteiger partial charge is 0.340 e. The first-order valence-corrected chi connectivity index (χ1v) is 6.95. The highest BCUT2D eigenvalue weighted by atomic mass is 16.2. The van der Waals surface area contributed by atoms with E-state index in [0.29, 0.717) is 24.3 Å². The summed E-state index contributed by atoms with van der Waals surface area (Å²) in [6.07, 6.45) is 2.10. The van der Waals surface area contributed by atoms with E-state index >= 15 is 0 Å². The fourth-order valence-corrected chi connectivity index (χ4v) is 2.60. The summed E-state index contributed by atoms with van der Waals surface area (Å²) in [5.74, 6) is 1.38. The van der Waals surface area contributed by atoms with Crippen LogP contribution in [0.3, 0.4) is 0 Å². The average Bonchev–Trinajstić information content (AvgIpc) is 3.08. The van der Waals surface area contributed by atoms with Crippen molar-refractivity contribution in [1.29, 1.82) is 0 Å². The molecule has 102 valence electrons. The molecular weight excluding hydrogens is 228 g/mol. The molecule has 0 aromatic rings. The highest BCUT2D eigenvalue weighted by Gasteiger charge is 2.52. The number of rotatable bonds is 4. The smallest absolute Gasteiger partial charge is 0.248 e. The van der Waals surface area contributed by atoms with Gasteiger partial charge in [0.2, 0.25) is 11.8 Å². The van der Waals surface area contributed by atoms with Crippen molar-refractivity contribution in [1.82, 2.24) is 10.2 Å². The lowest BCUT2D eigenvalue weighted by atomic mass is 9.90. The van der Waals surface area contributed by atoms with Crippen molar-refractivity contribution in [3.8, 4) is 0 Å². The van der Waals surface area contributed by atoms with Crippen LogP contribution in [0, 0.1) is 17.8 Å². The van der Waals surface area contributed by atoms with Crippen LogP contribution in [-0.2, 0) is 9.59 Å². The van der Waals surface area contributed by atoms with Crippen LogP contribution in [0.25, 0.3) is 0 Å². The second-order valence-electron chi connectivity index (χ2n) is 6.43. The van der Waals surface area contributed by atoms with Crippen LogP contribution in [0.15, 0.2) is 0 Å². The number of carbonyl (C=O) groups is 2. The number of hydrogen-bond acceptors (Lipinski definition) is 2. The molecule has 2 amide bonds. The topological polar surface area (TPSA) is 49.4 Å². The lowest BCUT2D eigenvalue weighted by Gasteiger charge is -2.41. The van der Waals surface area contributed by atoms with Gasteiger partial charge in [-0.15, -0.1) is 0 Å². The maximum atomic E-state index is 12.5. The average molecular weight is 252 g/mol. The molecule has 1 N–H and O–H groups in total. The highest BCUT2D eigenvalue weighted by molar-refractivity contribution is 5.98. The van der Waals surface area contributed by atoms with Crippen molar-refractivity contribution in [2.75, 3.05) is 13.1 Å². The standard InChI is InChI=1S/C14H24N2O2/c1-9(2)10(3)7-16-8-12(17)15-14(4,13(16)18)11-5-6-11/h9-11H,5-8H2,1-4H3,(H,15,17). The van der Waals surface area contributed by atoms with Gasteiger partial charge in [-0.05, 0) is 37.5 Å². The monoisotopic (exact) mass is 252 g/mol. The third-order valence-corrected chi connectivity index (χ3v) is 4.51. The lowest BCUT2D eigenvalue weighted by Crippen LogP contribution is -2.66. The quantitative estimate of drug-likeness (QED) is 0.822. The van der Waals surface area contributed by atoms with Crippen molar-refractivity contribution in [3.05, 3.63) is 0 Å². The summed E-state index contributed by atoms with van der Waals surface area (Å²) in [7, 11) is 0. The molecule has 1 aliphatic carbocycles. The van der Waals surface area contributed by atoms with Gasteiger partial charge in [-0.1, -0.05) is 20.8 Å². The zero-order valence-corrected chi connectivity index (χ0v) is 11.8. The summed E-state index contributed by atoms with van der Waals surface area (Å²) in [5, 5.41) is 2.91. The Labute approximate surface area is 109 Å². The molecule has 2 aliphatic rings. The van der Waals surface area contributed by atoms with E-state index < -0.39 is 5.54 Å². The van der Waals surface area contributed by atoms with E-state index in [-0.39, 0.29) is 18.4 Å². The second kappa shape index (κ2) is 4.56. The maximum Gasteiger partial charge on any atom is 0.248 e. The van der Waals surface area contributed by atoms with Gasteiger partial charge >= 0.3 is 0 Å². The Morgan fingerprint density at radius 3 is 2.44 bits per heavy atom. The summed E-state index contributed by atoms with van der Waals surface area (Å²) >= 11 is 0. The Bertz CT molecular complexity index is 363. The minimum Gasteiger partial charge on any atom is -0.340 e. The molecule has 0 aromatic carbocycles. The lowest BCUT2D eigenvalue weighted by molar-refractivity contribution is -0.151. The van der Waals surface area contributed by atoms with E-state index in [1.54, 1.807) is 4.90 Å². The van der Waals surface area contributed by atoms with E-state index in [4.69, 9.17) is 0 Å². The van der Waals surface area contributed by atoms with Gasteiger partial charge in [-0.3, -0.25) is 9.59 Å². The highest BCUT2D eigenvalue weighted by Crippen LogP contribution is 2.41. The summed E-state index contributed by atoms with van der Waals surface area (Å²) < 4.78 is 0. The Morgan fingerprint density at radius 2 is 1.94 bits per heavy atom. The molecule has 0 spiro atoms. The summed E-state index contributed by atoms with van der Waals surface area (Å²) in [6.45, 7) is 9.24. The Morgan fingerprint density at radius 1 is 1.33 bits per heavy atom. The van der Waals surface area contributed by atoms with Gasteiger partial charge < -0.3 is 10.2 Å². The number of amides is 2. The molecule has 0 radical (unpaired) electrons. The molecule has 4 nitrogen and oxygen atoms in total. The van der Waals surface area contributed by atoms with E-state index in [1.807, 2.05) is 6.92 Å². The van der Waals surface area contributed by atoms with Crippen molar-refractivity contribution in [2.45, 2.75) is 46.1 Å². The van der Waals surface area contributed by atoms with E-state index in [0.717, 1.165) is 12.8 Å². The van der Waals surface area contributed by atoms with E-state index in [1.165, 1.54) is 0 Å². The normalized spacial score (nSPS) is 30.6. The summed E-state index contributed by atoms with van der Waals surface area (Å²) in [4.78, 5) is 26.1. The predicted molar refractivity (Wildman–Crippen MR) is 69.9 cm³/mol. The molecule has 0 aromatic heterocycles. The number of hydrogen-bond donors (Lipinski definition) is 1. The molecule has 4 heteroatoms. The summed E-state index contributed by atoms with van der Waals surface area (Å²) in [5.41, 5.74) is -0.647. The number of nitrogens with zero attached hydrogens (tertiary/aromatic N) is 1. The molecule has 2 fully saturated rings. The van der Waals surface area contributed by atoms with Crippen LogP contribution in [0.4, 0.5) is 0 Å². The first-order chi connectivity index (χ1) is 8.34. The first kappa shape index (κ1) is 13.4. The third-order valence-electron chi connectivity index (χ3n) is 4.51. The maximum absolute atomic E-state index is 12.5. The molecule has 2 rings (SSSR count). The minimum atomic E-state index is -0.647. The fraction of sp³-hybridized carbons (Fsp3) is 0.857. The Kier molecular flexibility index (Phi) is 3.39. The van der Waals surface area contributed by atoms with Crippen LogP contribution < -0.4 is 5.32 Å². The Balaban J connectivity index is 2.10. The Hall–Kier alpha value is -1.06. The van der Waals surface area contributed by atoms with E-state index in [2.05, 4.69) is 26.1 Å². The van der Waals surface area contributed by atoms with Crippen LogP contribution in [0.1, 0.15) is 40.5 Å². The molecule has 0 bridgehead atoms. The van der Waals surface area contributed by atoms with Gasteiger partial charge in [0.1, 0.15) is 5.54 Å². The summed E-state index contributed by atoms with van der Waals surface area (Å²) in [6, 6.07) is 0. The van der Waals surface area contributed by atoms with Gasteiger partial charge in [0.25, 0.3) is 0 Å². The van der Waals surface area contributed by atoms with Crippen LogP contribution in [0.5, 0.6) is 0 Å². The molecule has 18 heavy (non-hydrogen) atoms. The fourth-order valence-electron chi connectivity index (χ4n) is 2.60. The van der Waals surface area contributed by atoms with Crippen molar-refractivity contribution < 1.29 is 9.59 Å². The predicted octanol–water partition coefficient (Wildman–Crippen LogP) is 1.41.